The lowest BCUT2D eigenvalue weighted by molar-refractivity contribution is 0.577. The zero-order valence-corrected chi connectivity index (χ0v) is 12.9. The number of rotatable bonds is 3. The molecule has 118 valence electrons. The van der Waals surface area contributed by atoms with E-state index in [1.165, 1.54) is 12.5 Å². The monoisotopic (exact) mass is 327 g/mol. The van der Waals surface area contributed by atoms with Crippen molar-refractivity contribution in [3.8, 4) is 0 Å². The Morgan fingerprint density at radius 1 is 1.27 bits per heavy atom. The van der Waals surface area contributed by atoms with E-state index in [4.69, 9.17) is 0 Å². The first-order valence-corrected chi connectivity index (χ1v) is 8.29. The lowest BCUT2D eigenvalue weighted by atomic mass is 10.1. The Labute approximate surface area is 127 Å². The molecule has 22 heavy (non-hydrogen) atoms. The molecule has 0 atom stereocenters. The Hall–Kier alpha value is -1.96. The fourth-order valence-corrected chi connectivity index (χ4v) is 3.90. The molecule has 3 rings (SSSR count). The highest BCUT2D eigenvalue weighted by molar-refractivity contribution is 7.92. The van der Waals surface area contributed by atoms with Crippen LogP contribution in [-0.2, 0) is 16.4 Å². The third-order valence-electron chi connectivity index (χ3n) is 3.70. The second kappa shape index (κ2) is 5.05. The number of nitrogens with zero attached hydrogens (tertiary/aromatic N) is 3. The maximum absolute atomic E-state index is 13.7. The van der Waals surface area contributed by atoms with Gasteiger partial charge in [-0.2, -0.15) is 8.42 Å². The highest BCUT2D eigenvalue weighted by Gasteiger charge is 2.34. The van der Waals surface area contributed by atoms with Gasteiger partial charge in [0, 0.05) is 30.4 Å². The topological polar surface area (TPSA) is 55.2 Å². The molecule has 1 aromatic heterocycles. The maximum atomic E-state index is 13.7. The molecule has 5 nitrogen and oxygen atoms in total. The van der Waals surface area contributed by atoms with E-state index >= 15 is 0 Å². The molecule has 0 fully saturated rings. The highest BCUT2D eigenvalue weighted by atomic mass is 32.2. The zero-order valence-electron chi connectivity index (χ0n) is 12.1. The summed E-state index contributed by atoms with van der Waals surface area (Å²) in [6, 6.07) is 1.88. The number of aromatic nitrogens is 2. The summed E-state index contributed by atoms with van der Waals surface area (Å²) in [5, 5.41) is -0.126. The molecule has 1 aromatic carbocycles. The van der Waals surface area contributed by atoms with Gasteiger partial charge in [-0.05, 0) is 26.3 Å². The molecular formula is C14H15F2N3O2S. The van der Waals surface area contributed by atoms with Crippen LogP contribution in [0.1, 0.15) is 25.5 Å². The molecule has 0 aliphatic carbocycles. The molecule has 2 heterocycles. The molecule has 0 saturated heterocycles. The van der Waals surface area contributed by atoms with E-state index in [1.54, 1.807) is 4.57 Å². The summed E-state index contributed by atoms with van der Waals surface area (Å²) in [5.41, 5.74) is 0.268. The SMILES string of the molecule is CC(C)n1cnc(S(=O)(=O)N2CCc3c(F)cc(F)cc32)c1. The van der Waals surface area contributed by atoms with E-state index in [9.17, 15) is 17.2 Å². The summed E-state index contributed by atoms with van der Waals surface area (Å²) in [7, 11) is -3.93. The van der Waals surface area contributed by atoms with Crippen molar-refractivity contribution in [3.05, 3.63) is 41.9 Å². The summed E-state index contributed by atoms with van der Waals surface area (Å²) >= 11 is 0. The quantitative estimate of drug-likeness (QED) is 0.870. The number of benzene rings is 1. The molecule has 2 aromatic rings. The minimum absolute atomic E-state index is 0.0524. The fraction of sp³-hybridized carbons (Fsp3) is 0.357. The Morgan fingerprint density at radius 2 is 2.00 bits per heavy atom. The van der Waals surface area contributed by atoms with Crippen molar-refractivity contribution in [2.75, 3.05) is 10.8 Å². The highest BCUT2D eigenvalue weighted by Crippen LogP contribution is 2.34. The zero-order chi connectivity index (χ0) is 16.1. The van der Waals surface area contributed by atoms with Gasteiger partial charge in [0.15, 0.2) is 5.03 Å². The van der Waals surface area contributed by atoms with Crippen molar-refractivity contribution in [2.24, 2.45) is 0 Å². The summed E-state index contributed by atoms with van der Waals surface area (Å²) in [6.45, 7) is 3.87. The Morgan fingerprint density at radius 3 is 2.64 bits per heavy atom. The van der Waals surface area contributed by atoms with Crippen molar-refractivity contribution in [2.45, 2.75) is 31.3 Å². The summed E-state index contributed by atoms with van der Waals surface area (Å²) in [5.74, 6) is -1.52. The predicted octanol–water partition coefficient (Wildman–Crippen LogP) is 2.49. The van der Waals surface area contributed by atoms with Crippen molar-refractivity contribution >= 4 is 15.7 Å². The molecule has 0 saturated carbocycles. The average Bonchev–Trinajstić information content (AvgIpc) is 3.05. The van der Waals surface area contributed by atoms with Gasteiger partial charge in [0.25, 0.3) is 10.0 Å². The minimum atomic E-state index is -3.93. The molecule has 1 aliphatic heterocycles. The van der Waals surface area contributed by atoms with E-state index in [-0.39, 0.29) is 35.3 Å². The largest absolute Gasteiger partial charge is 0.334 e. The van der Waals surface area contributed by atoms with Crippen LogP contribution in [0.5, 0.6) is 0 Å². The normalized spacial score (nSPS) is 14.7. The number of imidazole rings is 1. The van der Waals surface area contributed by atoms with Crippen LogP contribution in [0.3, 0.4) is 0 Å². The van der Waals surface area contributed by atoms with Crippen LogP contribution < -0.4 is 4.31 Å². The molecule has 0 N–H and O–H groups in total. The van der Waals surface area contributed by atoms with E-state index in [0.717, 1.165) is 16.4 Å². The van der Waals surface area contributed by atoms with Crippen LogP contribution in [0.2, 0.25) is 0 Å². The Balaban J connectivity index is 2.05. The van der Waals surface area contributed by atoms with Gasteiger partial charge in [-0.25, -0.2) is 13.8 Å². The van der Waals surface area contributed by atoms with E-state index < -0.39 is 21.7 Å². The van der Waals surface area contributed by atoms with Crippen LogP contribution in [-0.4, -0.2) is 24.5 Å². The first-order valence-electron chi connectivity index (χ1n) is 6.85. The summed E-state index contributed by atoms with van der Waals surface area (Å²) in [4.78, 5) is 3.92. The first-order chi connectivity index (χ1) is 10.3. The molecule has 0 bridgehead atoms. The van der Waals surface area contributed by atoms with Gasteiger partial charge >= 0.3 is 0 Å². The molecule has 0 spiro atoms. The number of anilines is 1. The van der Waals surface area contributed by atoms with Crippen LogP contribution in [0.4, 0.5) is 14.5 Å². The molecule has 0 unspecified atom stereocenters. The molecule has 0 amide bonds. The van der Waals surface area contributed by atoms with Crippen molar-refractivity contribution < 1.29 is 17.2 Å². The van der Waals surface area contributed by atoms with Gasteiger partial charge in [0.05, 0.1) is 12.0 Å². The summed E-state index contributed by atoms with van der Waals surface area (Å²) < 4.78 is 55.2. The molecule has 0 radical (unpaired) electrons. The average molecular weight is 327 g/mol. The standard InChI is InChI=1S/C14H15F2N3O2S/c1-9(2)18-7-14(17-8-18)22(20,21)19-4-3-11-12(16)5-10(15)6-13(11)19/h5-9H,3-4H2,1-2H3. The van der Waals surface area contributed by atoms with Gasteiger partial charge in [-0.3, -0.25) is 4.31 Å². The van der Waals surface area contributed by atoms with Crippen LogP contribution in [0, 0.1) is 11.6 Å². The smallest absolute Gasteiger partial charge is 0.283 e. The van der Waals surface area contributed by atoms with Gasteiger partial charge in [-0.15, -0.1) is 0 Å². The number of hydrogen-bond donors (Lipinski definition) is 0. The van der Waals surface area contributed by atoms with Crippen LogP contribution >= 0.6 is 0 Å². The van der Waals surface area contributed by atoms with Crippen molar-refractivity contribution in [3.63, 3.8) is 0 Å². The molecule has 1 aliphatic rings. The Bertz CT molecular complexity index is 831. The molecule has 8 heteroatoms. The number of hydrogen-bond acceptors (Lipinski definition) is 3. The lowest BCUT2D eigenvalue weighted by Gasteiger charge is -2.18. The van der Waals surface area contributed by atoms with Crippen molar-refractivity contribution in [1.82, 2.24) is 9.55 Å². The van der Waals surface area contributed by atoms with Crippen molar-refractivity contribution in [1.29, 1.82) is 0 Å². The van der Waals surface area contributed by atoms with E-state index in [0.29, 0.717) is 0 Å². The lowest BCUT2D eigenvalue weighted by Crippen LogP contribution is -2.29. The van der Waals surface area contributed by atoms with Crippen LogP contribution in [0.25, 0.3) is 0 Å². The maximum Gasteiger partial charge on any atom is 0.283 e. The van der Waals surface area contributed by atoms with Gasteiger partial charge in [-0.1, -0.05) is 0 Å². The van der Waals surface area contributed by atoms with Crippen LogP contribution in [0.15, 0.2) is 29.7 Å². The number of sulfonamides is 1. The third kappa shape index (κ3) is 2.27. The Kier molecular flexibility index (Phi) is 3.43. The second-order valence-corrected chi connectivity index (χ2v) is 7.27. The van der Waals surface area contributed by atoms with Gasteiger partial charge < -0.3 is 4.57 Å². The predicted molar refractivity (Wildman–Crippen MR) is 77.2 cm³/mol. The van der Waals surface area contributed by atoms with E-state index in [2.05, 4.69) is 4.98 Å². The van der Waals surface area contributed by atoms with Gasteiger partial charge in [0.1, 0.15) is 11.6 Å². The summed E-state index contributed by atoms with van der Waals surface area (Å²) in [6.07, 6.45) is 3.07. The van der Waals surface area contributed by atoms with Gasteiger partial charge in [0.2, 0.25) is 0 Å². The number of fused-ring (bicyclic) bond motifs is 1. The number of halogens is 2. The second-order valence-electron chi connectivity index (χ2n) is 5.47. The minimum Gasteiger partial charge on any atom is -0.334 e. The first kappa shape index (κ1) is 15.0. The van der Waals surface area contributed by atoms with E-state index in [1.807, 2.05) is 13.8 Å². The molecular weight excluding hydrogens is 312 g/mol. The third-order valence-corrected chi connectivity index (χ3v) is 5.40. The fourth-order valence-electron chi connectivity index (χ4n) is 2.49.